The molecular weight excluding hydrogens is 411 g/mol. The molecule has 0 bridgehead atoms. The molecule has 2 aromatic rings. The number of hydrogen-bond acceptors (Lipinski definition) is 5. The smallest absolute Gasteiger partial charge is 0.164 e. The van der Waals surface area contributed by atoms with Crippen LogP contribution in [0.15, 0.2) is 60.4 Å². The second kappa shape index (κ2) is 8.04. The quantitative estimate of drug-likeness (QED) is 0.662. The van der Waals surface area contributed by atoms with Gasteiger partial charge in [-0.15, -0.1) is 0 Å². The van der Waals surface area contributed by atoms with Crippen molar-refractivity contribution in [2.45, 2.75) is 69.8 Å². The minimum Gasteiger partial charge on any atom is -0.359 e. The summed E-state index contributed by atoms with van der Waals surface area (Å²) in [7, 11) is 0. The Morgan fingerprint density at radius 3 is 2.12 bits per heavy atom. The number of halogens is 1. The molecule has 3 aliphatic rings. The molecule has 0 amide bonds. The van der Waals surface area contributed by atoms with Crippen LogP contribution in [0.5, 0.6) is 0 Å². The molecule has 5 rings (SSSR count). The van der Waals surface area contributed by atoms with E-state index in [0.29, 0.717) is 6.61 Å². The molecule has 0 radical (unpaired) electrons. The Bertz CT molecular complexity index is 985. The van der Waals surface area contributed by atoms with E-state index in [0.717, 1.165) is 16.7 Å². The second-order valence-corrected chi connectivity index (χ2v) is 9.47. The van der Waals surface area contributed by atoms with Crippen LogP contribution in [0.1, 0.15) is 33.3 Å². The third kappa shape index (κ3) is 4.26. The molecule has 5 nitrogen and oxygen atoms in total. The SMILES string of the molecule is CC1(C)O[C@@H]2[C@H](O1)[C@@H](/C(F)=C/c1ccc(-c3ccccc3)cc1)O[C@@H]2[C@H]1COC(C)(C)O1. The Balaban J connectivity index is 1.36. The van der Waals surface area contributed by atoms with E-state index in [1.807, 2.05) is 82.3 Å². The largest absolute Gasteiger partial charge is 0.359 e. The summed E-state index contributed by atoms with van der Waals surface area (Å²) in [6.07, 6.45) is -1.18. The van der Waals surface area contributed by atoms with Gasteiger partial charge in [0.2, 0.25) is 0 Å². The molecule has 3 saturated heterocycles. The van der Waals surface area contributed by atoms with Gasteiger partial charge in [0.1, 0.15) is 36.3 Å². The van der Waals surface area contributed by atoms with Gasteiger partial charge < -0.3 is 23.7 Å². The van der Waals surface area contributed by atoms with Crippen molar-refractivity contribution < 1.29 is 28.1 Å². The van der Waals surface area contributed by atoms with Crippen molar-refractivity contribution in [3.8, 4) is 11.1 Å². The summed E-state index contributed by atoms with van der Waals surface area (Å²) in [6, 6.07) is 17.9. The van der Waals surface area contributed by atoms with Gasteiger partial charge in [0.05, 0.1) is 6.61 Å². The van der Waals surface area contributed by atoms with Crippen LogP contribution in [-0.2, 0) is 23.7 Å². The maximum absolute atomic E-state index is 15.4. The predicted octanol–water partition coefficient (Wildman–Crippen LogP) is 5.10. The van der Waals surface area contributed by atoms with Gasteiger partial charge in [-0.25, -0.2) is 4.39 Å². The highest BCUT2D eigenvalue weighted by molar-refractivity contribution is 5.66. The van der Waals surface area contributed by atoms with E-state index in [4.69, 9.17) is 23.7 Å². The fourth-order valence-electron chi connectivity index (χ4n) is 4.67. The Morgan fingerprint density at radius 1 is 0.812 bits per heavy atom. The molecule has 5 atom stereocenters. The lowest BCUT2D eigenvalue weighted by molar-refractivity contribution is -0.204. The van der Waals surface area contributed by atoms with Crippen LogP contribution in [-0.4, -0.2) is 48.7 Å². The lowest BCUT2D eigenvalue weighted by Gasteiger charge is -2.26. The maximum Gasteiger partial charge on any atom is 0.164 e. The Morgan fingerprint density at radius 2 is 1.47 bits per heavy atom. The summed E-state index contributed by atoms with van der Waals surface area (Å²) in [6.45, 7) is 7.74. The van der Waals surface area contributed by atoms with E-state index in [-0.39, 0.29) is 6.10 Å². The van der Waals surface area contributed by atoms with Crippen molar-refractivity contribution in [3.63, 3.8) is 0 Å². The summed E-state index contributed by atoms with van der Waals surface area (Å²) in [5.74, 6) is -1.91. The Labute approximate surface area is 188 Å². The Hall–Kier alpha value is -2.09. The van der Waals surface area contributed by atoms with E-state index < -0.39 is 41.8 Å². The Kier molecular flexibility index (Phi) is 5.47. The summed E-state index contributed by atoms with van der Waals surface area (Å²) in [5, 5.41) is 0. The van der Waals surface area contributed by atoms with Crippen molar-refractivity contribution in [2.24, 2.45) is 0 Å². The fourth-order valence-corrected chi connectivity index (χ4v) is 4.67. The number of hydrogen-bond donors (Lipinski definition) is 0. The molecule has 32 heavy (non-hydrogen) atoms. The molecule has 6 heteroatoms. The van der Waals surface area contributed by atoms with E-state index in [1.54, 1.807) is 0 Å². The molecule has 0 aromatic heterocycles. The highest BCUT2D eigenvalue weighted by Crippen LogP contribution is 2.44. The van der Waals surface area contributed by atoms with Crippen LogP contribution >= 0.6 is 0 Å². The highest BCUT2D eigenvalue weighted by Gasteiger charge is 2.59. The number of rotatable bonds is 4. The normalized spacial score (nSPS) is 33.4. The third-order valence-corrected chi connectivity index (χ3v) is 6.08. The van der Waals surface area contributed by atoms with Gasteiger partial charge in [-0.3, -0.25) is 0 Å². The molecule has 0 unspecified atom stereocenters. The van der Waals surface area contributed by atoms with Crippen LogP contribution in [0.4, 0.5) is 4.39 Å². The standard InChI is InChI=1S/C26H29FO5/c1-25(2)28-15-20(30-25)22-24-23(31-26(3,4)32-24)21(29-22)19(27)14-16-10-12-18(13-11-16)17-8-6-5-7-9-17/h5-14,20-24H,15H2,1-4H3/b19-14-/t20-,21-,22-,23-,24+/m1/s1. The van der Waals surface area contributed by atoms with E-state index in [1.165, 1.54) is 6.08 Å². The van der Waals surface area contributed by atoms with Gasteiger partial charge in [0.25, 0.3) is 0 Å². The summed E-state index contributed by atoms with van der Waals surface area (Å²) >= 11 is 0. The van der Waals surface area contributed by atoms with Crippen molar-refractivity contribution in [1.29, 1.82) is 0 Å². The molecule has 170 valence electrons. The van der Waals surface area contributed by atoms with Crippen molar-refractivity contribution in [3.05, 3.63) is 66.0 Å². The maximum atomic E-state index is 15.4. The molecule has 3 heterocycles. The van der Waals surface area contributed by atoms with Crippen LogP contribution in [0.3, 0.4) is 0 Å². The lowest BCUT2D eigenvalue weighted by Crippen LogP contribution is -2.40. The molecule has 0 aliphatic carbocycles. The summed E-state index contributed by atoms with van der Waals surface area (Å²) in [4.78, 5) is 0. The molecule has 3 aliphatic heterocycles. The zero-order chi connectivity index (χ0) is 22.5. The first-order valence-electron chi connectivity index (χ1n) is 11.1. The van der Waals surface area contributed by atoms with Gasteiger partial charge in [-0.05, 0) is 50.5 Å². The minimum atomic E-state index is -0.868. The molecule has 3 fully saturated rings. The summed E-state index contributed by atoms with van der Waals surface area (Å²) in [5.41, 5.74) is 2.95. The topological polar surface area (TPSA) is 46.2 Å². The minimum absolute atomic E-state index is 0.349. The molecule has 0 N–H and O–H groups in total. The van der Waals surface area contributed by atoms with E-state index in [9.17, 15) is 0 Å². The lowest BCUT2D eigenvalue weighted by atomic mass is 10.0. The predicted molar refractivity (Wildman–Crippen MR) is 118 cm³/mol. The first kappa shape index (κ1) is 21.7. The van der Waals surface area contributed by atoms with E-state index in [2.05, 4.69) is 0 Å². The van der Waals surface area contributed by atoms with Gasteiger partial charge in [-0.1, -0.05) is 54.6 Å². The van der Waals surface area contributed by atoms with Crippen molar-refractivity contribution in [1.82, 2.24) is 0 Å². The van der Waals surface area contributed by atoms with Crippen molar-refractivity contribution in [2.75, 3.05) is 6.61 Å². The molecular formula is C26H29FO5. The van der Waals surface area contributed by atoms with Gasteiger partial charge in [0.15, 0.2) is 11.6 Å². The van der Waals surface area contributed by atoms with Crippen LogP contribution in [0.25, 0.3) is 17.2 Å². The molecule has 2 aromatic carbocycles. The monoisotopic (exact) mass is 440 g/mol. The fraction of sp³-hybridized carbons (Fsp3) is 0.462. The number of fused-ring (bicyclic) bond motifs is 1. The molecule has 0 saturated carbocycles. The average Bonchev–Trinajstić information content (AvgIpc) is 3.38. The number of ether oxygens (including phenoxy) is 5. The highest BCUT2D eigenvalue weighted by atomic mass is 19.1. The van der Waals surface area contributed by atoms with Gasteiger partial charge in [0, 0.05) is 0 Å². The first-order chi connectivity index (χ1) is 15.2. The van der Waals surface area contributed by atoms with Gasteiger partial charge in [-0.2, -0.15) is 0 Å². The van der Waals surface area contributed by atoms with Crippen LogP contribution < -0.4 is 0 Å². The van der Waals surface area contributed by atoms with E-state index >= 15 is 4.39 Å². The second-order valence-electron chi connectivity index (χ2n) is 9.47. The molecule has 0 spiro atoms. The third-order valence-electron chi connectivity index (χ3n) is 6.08. The number of benzene rings is 2. The average molecular weight is 441 g/mol. The zero-order valence-electron chi connectivity index (χ0n) is 18.8. The van der Waals surface area contributed by atoms with Crippen LogP contribution in [0, 0.1) is 0 Å². The summed E-state index contributed by atoms with van der Waals surface area (Å²) < 4.78 is 45.4. The van der Waals surface area contributed by atoms with Gasteiger partial charge >= 0.3 is 0 Å². The first-order valence-corrected chi connectivity index (χ1v) is 11.1. The van der Waals surface area contributed by atoms with Crippen molar-refractivity contribution >= 4 is 6.08 Å². The zero-order valence-corrected chi connectivity index (χ0v) is 18.8. The van der Waals surface area contributed by atoms with Crippen LogP contribution in [0.2, 0.25) is 0 Å².